The molecule has 0 aliphatic carbocycles. The minimum Gasteiger partial charge on any atom is -0.494 e. The first kappa shape index (κ1) is 18.4. The lowest BCUT2D eigenvalue weighted by Crippen LogP contribution is -2.03. The van der Waals surface area contributed by atoms with Gasteiger partial charge in [0.05, 0.1) is 13.7 Å². The molecule has 0 saturated carbocycles. The third-order valence-electron chi connectivity index (χ3n) is 3.28. The Morgan fingerprint density at radius 2 is 1.84 bits per heavy atom. The molecular formula is C19H18F2O4. The molecular weight excluding hydrogens is 330 g/mol. The molecule has 4 nitrogen and oxygen atoms in total. The molecule has 6 heteroatoms. The van der Waals surface area contributed by atoms with Crippen LogP contribution in [0.25, 0.3) is 6.08 Å². The lowest BCUT2D eigenvalue weighted by Gasteiger charge is -2.10. The molecule has 0 fully saturated rings. The molecule has 25 heavy (non-hydrogen) atoms. The molecule has 0 saturated heterocycles. The minimum absolute atomic E-state index is 0.0625. The van der Waals surface area contributed by atoms with Crippen LogP contribution < -0.4 is 14.2 Å². The number of carbonyl (C=O) groups is 1. The molecule has 0 atom stereocenters. The van der Waals surface area contributed by atoms with Gasteiger partial charge in [0.25, 0.3) is 0 Å². The van der Waals surface area contributed by atoms with Gasteiger partial charge in [-0.25, -0.2) is 0 Å². The van der Waals surface area contributed by atoms with Crippen molar-refractivity contribution in [1.82, 2.24) is 0 Å². The van der Waals surface area contributed by atoms with Gasteiger partial charge in [0, 0.05) is 5.56 Å². The Kier molecular flexibility index (Phi) is 6.51. The van der Waals surface area contributed by atoms with Crippen LogP contribution in [0.2, 0.25) is 0 Å². The van der Waals surface area contributed by atoms with E-state index in [0.29, 0.717) is 23.5 Å². The van der Waals surface area contributed by atoms with Gasteiger partial charge >= 0.3 is 6.61 Å². The number of carbonyl (C=O) groups excluding carboxylic acids is 1. The average molecular weight is 348 g/mol. The average Bonchev–Trinajstić information content (AvgIpc) is 2.61. The van der Waals surface area contributed by atoms with Gasteiger partial charge in [-0.05, 0) is 55.0 Å². The maximum absolute atomic E-state index is 12.3. The molecule has 0 amide bonds. The summed E-state index contributed by atoms with van der Waals surface area (Å²) < 4.78 is 39.3. The van der Waals surface area contributed by atoms with E-state index in [1.54, 1.807) is 36.4 Å². The molecule has 0 aliphatic rings. The summed E-state index contributed by atoms with van der Waals surface area (Å²) in [4.78, 5) is 12.2. The first-order valence-electron chi connectivity index (χ1n) is 7.61. The predicted molar refractivity (Wildman–Crippen MR) is 90.6 cm³/mol. The van der Waals surface area contributed by atoms with Crippen LogP contribution in [-0.2, 0) is 0 Å². The summed E-state index contributed by atoms with van der Waals surface area (Å²) in [5.74, 6) is 0.612. The standard InChI is InChI=1S/C19H18F2O4/c1-3-24-15-8-6-14(7-9-15)16(22)10-4-13-5-11-17(25-19(20)21)18(12-13)23-2/h4-12,19H,3H2,1-2H3. The van der Waals surface area contributed by atoms with Crippen LogP contribution in [-0.4, -0.2) is 26.1 Å². The highest BCUT2D eigenvalue weighted by atomic mass is 19.3. The van der Waals surface area contributed by atoms with Crippen LogP contribution in [0.1, 0.15) is 22.8 Å². The van der Waals surface area contributed by atoms with Crippen LogP contribution in [0.5, 0.6) is 17.2 Å². The molecule has 0 heterocycles. The summed E-state index contributed by atoms with van der Waals surface area (Å²) in [6.07, 6.45) is 2.98. The highest BCUT2D eigenvalue weighted by Gasteiger charge is 2.10. The number of ketones is 1. The lowest BCUT2D eigenvalue weighted by molar-refractivity contribution is -0.0512. The van der Waals surface area contributed by atoms with E-state index >= 15 is 0 Å². The smallest absolute Gasteiger partial charge is 0.387 e. The van der Waals surface area contributed by atoms with Crippen LogP contribution in [0.15, 0.2) is 48.5 Å². The lowest BCUT2D eigenvalue weighted by atomic mass is 10.1. The Morgan fingerprint density at radius 3 is 2.44 bits per heavy atom. The molecule has 132 valence electrons. The summed E-state index contributed by atoms with van der Waals surface area (Å²) in [5, 5.41) is 0. The zero-order chi connectivity index (χ0) is 18.2. The quantitative estimate of drug-likeness (QED) is 0.517. The minimum atomic E-state index is -2.93. The van der Waals surface area contributed by atoms with Crippen molar-refractivity contribution >= 4 is 11.9 Å². The molecule has 2 rings (SSSR count). The van der Waals surface area contributed by atoms with E-state index in [2.05, 4.69) is 4.74 Å². The summed E-state index contributed by atoms with van der Waals surface area (Å²) in [6.45, 7) is -0.495. The molecule has 2 aromatic carbocycles. The van der Waals surface area contributed by atoms with E-state index < -0.39 is 6.61 Å². The number of hydrogen-bond donors (Lipinski definition) is 0. The van der Waals surface area contributed by atoms with Gasteiger partial charge < -0.3 is 14.2 Å². The summed E-state index contributed by atoms with van der Waals surface area (Å²) in [5.41, 5.74) is 1.14. The zero-order valence-corrected chi connectivity index (χ0v) is 13.9. The zero-order valence-electron chi connectivity index (χ0n) is 13.9. The number of ether oxygens (including phenoxy) is 3. The molecule has 0 bridgehead atoms. The SMILES string of the molecule is CCOc1ccc(C(=O)C=Cc2ccc(OC(F)F)c(OC)c2)cc1. The normalized spacial score (nSPS) is 10.9. The Balaban J connectivity index is 2.11. The summed E-state index contributed by atoms with van der Waals surface area (Å²) >= 11 is 0. The fraction of sp³-hybridized carbons (Fsp3) is 0.211. The first-order chi connectivity index (χ1) is 12.0. The number of halogens is 2. The van der Waals surface area contributed by atoms with Crippen molar-refractivity contribution in [1.29, 1.82) is 0 Å². The van der Waals surface area contributed by atoms with Gasteiger partial charge in [0.15, 0.2) is 17.3 Å². The largest absolute Gasteiger partial charge is 0.494 e. The van der Waals surface area contributed by atoms with Gasteiger partial charge in [-0.2, -0.15) is 8.78 Å². The maximum Gasteiger partial charge on any atom is 0.387 e. The molecule has 0 aromatic heterocycles. The number of benzene rings is 2. The molecule has 2 aromatic rings. The van der Waals surface area contributed by atoms with Crippen molar-refractivity contribution in [3.63, 3.8) is 0 Å². The highest BCUT2D eigenvalue weighted by Crippen LogP contribution is 2.29. The van der Waals surface area contributed by atoms with Gasteiger partial charge in [0.2, 0.25) is 0 Å². The molecule has 0 aliphatic heterocycles. The van der Waals surface area contributed by atoms with E-state index in [4.69, 9.17) is 9.47 Å². The van der Waals surface area contributed by atoms with Crippen molar-refractivity contribution in [2.75, 3.05) is 13.7 Å². The van der Waals surface area contributed by atoms with E-state index in [1.807, 2.05) is 6.92 Å². The number of hydrogen-bond acceptors (Lipinski definition) is 4. The Bertz CT molecular complexity index is 740. The Hall–Kier alpha value is -2.89. The van der Waals surface area contributed by atoms with Crippen molar-refractivity contribution in [2.45, 2.75) is 13.5 Å². The maximum atomic E-state index is 12.3. The third-order valence-corrected chi connectivity index (χ3v) is 3.28. The van der Waals surface area contributed by atoms with E-state index in [1.165, 1.54) is 25.3 Å². The van der Waals surface area contributed by atoms with E-state index in [0.717, 1.165) is 0 Å². The van der Waals surface area contributed by atoms with Crippen LogP contribution in [0.3, 0.4) is 0 Å². The summed E-state index contributed by atoms with van der Waals surface area (Å²) in [7, 11) is 1.35. The van der Waals surface area contributed by atoms with Gasteiger partial charge in [0.1, 0.15) is 5.75 Å². The number of alkyl halides is 2. The first-order valence-corrected chi connectivity index (χ1v) is 7.61. The van der Waals surface area contributed by atoms with Crippen molar-refractivity contribution < 1.29 is 27.8 Å². The predicted octanol–water partition coefficient (Wildman–Crippen LogP) is 4.59. The third kappa shape index (κ3) is 5.31. The van der Waals surface area contributed by atoms with Crippen molar-refractivity contribution in [3.05, 3.63) is 59.7 Å². The van der Waals surface area contributed by atoms with Crippen LogP contribution in [0, 0.1) is 0 Å². The van der Waals surface area contributed by atoms with Gasteiger partial charge in [-0.15, -0.1) is 0 Å². The summed E-state index contributed by atoms with van der Waals surface area (Å²) in [6, 6.07) is 11.2. The number of methoxy groups -OCH3 is 1. The van der Waals surface area contributed by atoms with Crippen LogP contribution >= 0.6 is 0 Å². The Labute approximate surface area is 144 Å². The van der Waals surface area contributed by atoms with Crippen molar-refractivity contribution in [3.8, 4) is 17.2 Å². The van der Waals surface area contributed by atoms with Gasteiger partial charge in [-0.1, -0.05) is 12.1 Å². The molecule has 0 unspecified atom stereocenters. The number of allylic oxidation sites excluding steroid dienone is 1. The topological polar surface area (TPSA) is 44.8 Å². The molecule has 0 radical (unpaired) electrons. The van der Waals surface area contributed by atoms with Crippen LogP contribution in [0.4, 0.5) is 8.78 Å². The van der Waals surface area contributed by atoms with E-state index in [-0.39, 0.29) is 17.3 Å². The van der Waals surface area contributed by atoms with Crippen molar-refractivity contribution in [2.24, 2.45) is 0 Å². The van der Waals surface area contributed by atoms with E-state index in [9.17, 15) is 13.6 Å². The Morgan fingerprint density at radius 1 is 1.12 bits per heavy atom. The second-order valence-electron chi connectivity index (χ2n) is 4.94. The van der Waals surface area contributed by atoms with Gasteiger partial charge in [-0.3, -0.25) is 4.79 Å². The second kappa shape index (κ2) is 8.82. The molecule has 0 spiro atoms. The fourth-order valence-electron chi connectivity index (χ4n) is 2.13. The monoisotopic (exact) mass is 348 g/mol. The number of rotatable bonds is 8. The molecule has 0 N–H and O–H groups in total. The second-order valence-corrected chi connectivity index (χ2v) is 4.94. The highest BCUT2D eigenvalue weighted by molar-refractivity contribution is 6.06. The fourth-order valence-corrected chi connectivity index (χ4v) is 2.13.